The molecule has 0 aromatic rings. The molecule has 0 saturated carbocycles. The van der Waals surface area contributed by atoms with E-state index in [4.69, 9.17) is 18.5 Å². The summed E-state index contributed by atoms with van der Waals surface area (Å²) in [7, 11) is 1.31. The second-order valence-electron chi connectivity index (χ2n) is 15.4. The number of nitrogens with zero attached hydrogens (tertiary/aromatic N) is 1. The van der Waals surface area contributed by atoms with Crippen LogP contribution in [0.5, 0.6) is 0 Å². The van der Waals surface area contributed by atoms with Gasteiger partial charge in [-0.25, -0.2) is 4.57 Å². The number of phosphoric acid groups is 1. The zero-order valence-electron chi connectivity index (χ0n) is 38.3. The number of aliphatic hydroxyl groups is 2. The summed E-state index contributed by atoms with van der Waals surface area (Å²) >= 11 is 0. The highest BCUT2D eigenvalue weighted by molar-refractivity contribution is 7.47. The number of hydrogen-bond donors (Lipinski definition) is 3. The minimum absolute atomic E-state index is 0.0171. The molecule has 0 amide bonds. The average molecular weight is 885 g/mol. The van der Waals surface area contributed by atoms with Crippen LogP contribution < -0.4 is 0 Å². The third-order valence-electron chi connectivity index (χ3n) is 8.36. The molecule has 4 atom stereocenters. The summed E-state index contributed by atoms with van der Waals surface area (Å²) in [4.78, 5) is 35.3. The Labute approximate surface area is 374 Å². The van der Waals surface area contributed by atoms with Crippen LogP contribution >= 0.6 is 7.82 Å². The maximum Gasteiger partial charge on any atom is 0.472 e. The molecule has 12 heteroatoms. The zero-order valence-corrected chi connectivity index (χ0v) is 39.1. The summed E-state index contributed by atoms with van der Waals surface area (Å²) in [6, 6.07) is 0. The first kappa shape index (κ1) is 58.1. The van der Waals surface area contributed by atoms with Crippen molar-refractivity contribution in [2.75, 3.05) is 47.5 Å². The highest BCUT2D eigenvalue weighted by atomic mass is 31.2. The molecule has 0 aliphatic rings. The van der Waals surface area contributed by atoms with E-state index in [2.05, 4.69) is 55.5 Å². The number of esters is 2. The predicted molar refractivity (Wildman–Crippen MR) is 254 cm³/mol. The number of rotatable bonds is 37. The number of carbonyl (C=O) groups is 2. The Bertz CT molecular complexity index is 1540. The average Bonchev–Trinajstić information content (AvgIpc) is 3.21. The molecule has 0 aliphatic heterocycles. The molecule has 0 heterocycles. The van der Waals surface area contributed by atoms with Gasteiger partial charge in [0.15, 0.2) is 6.10 Å². The number of hydrogen-bond acceptors (Lipinski definition) is 9. The molecule has 3 N–H and O–H groups in total. The van der Waals surface area contributed by atoms with Crippen molar-refractivity contribution in [2.45, 2.75) is 122 Å². The lowest BCUT2D eigenvalue weighted by Gasteiger charge is -2.24. The van der Waals surface area contributed by atoms with Gasteiger partial charge in [0, 0.05) is 12.8 Å². The quantitative estimate of drug-likeness (QED) is 0.0137. The Kier molecular flexibility index (Phi) is 37.4. The smallest absolute Gasteiger partial charge is 0.462 e. The van der Waals surface area contributed by atoms with E-state index in [-0.39, 0.29) is 26.1 Å². The van der Waals surface area contributed by atoms with E-state index in [0.29, 0.717) is 49.6 Å². The molecular weight excluding hydrogens is 806 g/mol. The molecule has 62 heavy (non-hydrogen) atoms. The molecule has 0 aromatic heterocycles. The largest absolute Gasteiger partial charge is 0.472 e. The molecule has 0 rings (SSSR count). The van der Waals surface area contributed by atoms with Gasteiger partial charge < -0.3 is 29.1 Å². The summed E-state index contributed by atoms with van der Waals surface area (Å²) in [5, 5.41) is 20.0. The van der Waals surface area contributed by atoms with E-state index >= 15 is 0 Å². The molecule has 0 saturated heterocycles. The zero-order chi connectivity index (χ0) is 46.0. The summed E-state index contributed by atoms with van der Waals surface area (Å²) in [6.45, 7) is 3.80. The highest BCUT2D eigenvalue weighted by Crippen LogP contribution is 2.43. The van der Waals surface area contributed by atoms with Gasteiger partial charge in [0.05, 0.1) is 40.0 Å². The van der Waals surface area contributed by atoms with Crippen LogP contribution in [-0.4, -0.2) is 97.3 Å². The van der Waals surface area contributed by atoms with E-state index in [1.807, 2.05) is 76.7 Å². The predicted octanol–water partition coefficient (Wildman–Crippen LogP) is 10.6. The van der Waals surface area contributed by atoms with Gasteiger partial charge in [-0.05, 0) is 77.0 Å². The summed E-state index contributed by atoms with van der Waals surface area (Å²) in [6.07, 6.45) is 50.2. The van der Waals surface area contributed by atoms with Crippen molar-refractivity contribution >= 4 is 19.8 Å². The fourth-order valence-corrected chi connectivity index (χ4v) is 5.64. The Balaban J connectivity index is 4.71. The van der Waals surface area contributed by atoms with Crippen LogP contribution in [0.1, 0.15) is 104 Å². The second-order valence-corrected chi connectivity index (χ2v) is 16.8. The van der Waals surface area contributed by atoms with E-state index in [9.17, 15) is 29.3 Å². The van der Waals surface area contributed by atoms with Crippen molar-refractivity contribution in [3.8, 4) is 0 Å². The fraction of sp³-hybridized carbons (Fsp3) is 0.520. The molecule has 0 spiro atoms. The van der Waals surface area contributed by atoms with Crippen LogP contribution in [0.4, 0.5) is 0 Å². The molecule has 348 valence electrons. The third-order valence-corrected chi connectivity index (χ3v) is 9.34. The van der Waals surface area contributed by atoms with E-state index in [0.717, 1.165) is 38.5 Å². The first-order chi connectivity index (χ1) is 29.8. The molecule has 0 radical (unpaired) electrons. The van der Waals surface area contributed by atoms with Crippen molar-refractivity contribution in [3.63, 3.8) is 0 Å². The molecule has 1 unspecified atom stereocenters. The molecule has 11 nitrogen and oxygen atoms in total. The molecule has 0 aliphatic carbocycles. The van der Waals surface area contributed by atoms with Crippen molar-refractivity contribution in [1.29, 1.82) is 0 Å². The lowest BCUT2D eigenvalue weighted by Crippen LogP contribution is -2.37. The molecule has 0 bridgehead atoms. The van der Waals surface area contributed by atoms with Crippen LogP contribution in [-0.2, 0) is 32.7 Å². The Hall–Kier alpha value is -3.93. The van der Waals surface area contributed by atoms with Gasteiger partial charge in [-0.2, -0.15) is 0 Å². The minimum atomic E-state index is -4.44. The first-order valence-electron chi connectivity index (χ1n) is 22.1. The topological polar surface area (TPSA) is 149 Å². The minimum Gasteiger partial charge on any atom is -0.462 e. The Morgan fingerprint density at radius 1 is 0.581 bits per heavy atom. The van der Waals surface area contributed by atoms with E-state index in [1.165, 1.54) is 0 Å². The number of quaternary nitrogens is 1. The number of allylic oxidation sites excluding steroid dienone is 18. The number of aliphatic hydroxyl groups excluding tert-OH is 2. The monoisotopic (exact) mass is 885 g/mol. The lowest BCUT2D eigenvalue weighted by molar-refractivity contribution is -0.870. The summed E-state index contributed by atoms with van der Waals surface area (Å²) in [5.74, 6) is -1.05. The molecule has 0 aromatic carbocycles. The first-order valence-corrected chi connectivity index (χ1v) is 23.6. The van der Waals surface area contributed by atoms with Gasteiger partial charge in [-0.3, -0.25) is 18.6 Å². The van der Waals surface area contributed by atoms with Crippen LogP contribution in [0, 0.1) is 0 Å². The van der Waals surface area contributed by atoms with Crippen LogP contribution in [0.15, 0.2) is 134 Å². The van der Waals surface area contributed by atoms with Crippen LogP contribution in [0.2, 0.25) is 0 Å². The Morgan fingerprint density at radius 3 is 1.58 bits per heavy atom. The van der Waals surface area contributed by atoms with Crippen LogP contribution in [0.3, 0.4) is 0 Å². The normalized spacial score (nSPS) is 15.8. The Morgan fingerprint density at radius 2 is 1.05 bits per heavy atom. The lowest BCUT2D eigenvalue weighted by atomic mass is 10.2. The summed E-state index contributed by atoms with van der Waals surface area (Å²) in [5.41, 5.74) is 0. The van der Waals surface area contributed by atoms with Gasteiger partial charge >= 0.3 is 19.8 Å². The third kappa shape index (κ3) is 42.7. The maximum absolute atomic E-state index is 12.7. The number of carbonyl (C=O) groups excluding carboxylic acids is 2. The van der Waals surface area contributed by atoms with E-state index < -0.39 is 44.7 Å². The van der Waals surface area contributed by atoms with Gasteiger partial charge in [-0.1, -0.05) is 148 Å². The molecule has 0 fully saturated rings. The van der Waals surface area contributed by atoms with Crippen LogP contribution in [0.25, 0.3) is 0 Å². The van der Waals surface area contributed by atoms with Gasteiger partial charge in [-0.15, -0.1) is 0 Å². The fourth-order valence-electron chi connectivity index (χ4n) is 4.89. The summed E-state index contributed by atoms with van der Waals surface area (Å²) < 4.78 is 34.1. The molecular formula is C50H79NO10P+. The van der Waals surface area contributed by atoms with Crippen molar-refractivity contribution in [2.24, 2.45) is 0 Å². The van der Waals surface area contributed by atoms with Gasteiger partial charge in [0.25, 0.3) is 0 Å². The second kappa shape index (κ2) is 39.9. The number of phosphoric ester groups is 1. The van der Waals surface area contributed by atoms with Gasteiger partial charge in [0.1, 0.15) is 19.8 Å². The number of ether oxygens (including phenoxy) is 2. The van der Waals surface area contributed by atoms with Crippen molar-refractivity contribution in [3.05, 3.63) is 134 Å². The van der Waals surface area contributed by atoms with Crippen molar-refractivity contribution < 1.29 is 52.3 Å². The van der Waals surface area contributed by atoms with Gasteiger partial charge in [0.2, 0.25) is 0 Å². The standard InChI is InChI=1S/C50H78NO10P/c1-6-8-10-11-12-13-14-15-16-17-18-19-20-21-22-27-35-41-50(55)61-48(45-60-62(56,57)59-43-42-51(3,4)5)44-58-49(54)40-34-26-24-23-25-31-37-47(53)39-33-29-28-32-38-46(52)36-30-9-7-2/h8-10,12-13,15-16,18-19,21-22,24-26,28-33,38-39,46-48,52-53H,6-7,11,14,17,20,23,27,34-37,40-45H2,1-5H3/p+1/b10-8-,13-12-,16-15-,19-18-,22-21-,26-24-,29-28-,30-9-,31-25-,38-32+,39-33+/t46-,47+,48-/m1/s1. The maximum atomic E-state index is 12.7. The van der Waals surface area contributed by atoms with Crippen molar-refractivity contribution in [1.82, 2.24) is 0 Å². The highest BCUT2D eigenvalue weighted by Gasteiger charge is 2.27. The SMILES string of the molecule is CC/C=C\C/C=C\C/C=C\C/C=C\C/C=C\CCCC(=O)O[C@H](COC(=O)CC/C=C\C/C=C\C[C@H](O)/C=C/C=C\C=C\[C@H](O)C/C=C\CC)COP(=O)(O)OCC[N+](C)(C)C. The number of unbranched alkanes of at least 4 members (excludes halogenated alkanes) is 1. The van der Waals surface area contributed by atoms with E-state index in [1.54, 1.807) is 36.5 Å². The number of likely N-dealkylation sites (N-methyl/N-ethyl adjacent to an activating group) is 1.